The number of urea groups is 1. The quantitative estimate of drug-likeness (QED) is 0.573. The zero-order chi connectivity index (χ0) is 27.2. The Kier molecular flexibility index (Phi) is 6.54. The standard InChI is InChI=1S/C27H28F2N4O5/c1-15(16-6-7-16)32(13-18-4-3-5-21(28)23(18)29)22(34)14-33-24(35)27(38-26(33)37)11-10-17-12-19(8-9-20(17)27)31-25(36)30-2/h3-5,8-9,12,15-16H,6-7,10-11,13-14H2,1-2H3,(H2,30,31,36)/t15-,27+/m0/s1. The van der Waals surface area contributed by atoms with Gasteiger partial charge in [-0.25, -0.2) is 23.3 Å². The van der Waals surface area contributed by atoms with Gasteiger partial charge in [-0.3, -0.25) is 9.59 Å². The van der Waals surface area contributed by atoms with Crippen LogP contribution in [0.15, 0.2) is 36.4 Å². The average Bonchev–Trinajstić information content (AvgIpc) is 3.65. The number of fused-ring (bicyclic) bond motifs is 2. The van der Waals surface area contributed by atoms with Gasteiger partial charge in [0.05, 0.1) is 0 Å². The van der Waals surface area contributed by atoms with Crippen LogP contribution >= 0.6 is 0 Å². The first-order chi connectivity index (χ1) is 18.1. The molecule has 5 amide bonds. The summed E-state index contributed by atoms with van der Waals surface area (Å²) in [6.07, 6.45) is 1.51. The van der Waals surface area contributed by atoms with E-state index >= 15 is 0 Å². The van der Waals surface area contributed by atoms with Crippen LogP contribution in [-0.4, -0.2) is 53.4 Å². The van der Waals surface area contributed by atoms with Crippen molar-refractivity contribution < 1.29 is 32.7 Å². The molecule has 1 saturated heterocycles. The molecule has 2 N–H and O–H groups in total. The number of hydrogen-bond acceptors (Lipinski definition) is 5. The average molecular weight is 527 g/mol. The molecule has 0 aromatic heterocycles. The van der Waals surface area contributed by atoms with Crippen molar-refractivity contribution in [3.05, 3.63) is 64.7 Å². The lowest BCUT2D eigenvalue weighted by Gasteiger charge is -2.31. The lowest BCUT2D eigenvalue weighted by Crippen LogP contribution is -2.47. The van der Waals surface area contributed by atoms with E-state index in [0.717, 1.165) is 29.4 Å². The van der Waals surface area contributed by atoms with Crippen molar-refractivity contribution in [1.82, 2.24) is 15.1 Å². The maximum atomic E-state index is 14.4. The van der Waals surface area contributed by atoms with Crippen LogP contribution in [-0.2, 0) is 32.9 Å². The van der Waals surface area contributed by atoms with Gasteiger partial charge >= 0.3 is 12.1 Å². The lowest BCUT2D eigenvalue weighted by atomic mass is 9.94. The number of hydrogen-bond donors (Lipinski definition) is 2. The van der Waals surface area contributed by atoms with E-state index in [1.54, 1.807) is 18.2 Å². The highest BCUT2D eigenvalue weighted by atomic mass is 19.2. The summed E-state index contributed by atoms with van der Waals surface area (Å²) in [5.74, 6) is -3.03. The van der Waals surface area contributed by atoms with Crippen molar-refractivity contribution in [2.75, 3.05) is 18.9 Å². The van der Waals surface area contributed by atoms with E-state index in [4.69, 9.17) is 4.74 Å². The van der Waals surface area contributed by atoms with Gasteiger partial charge in [0, 0.05) is 42.9 Å². The maximum Gasteiger partial charge on any atom is 0.418 e. The SMILES string of the molecule is CNC(=O)Nc1ccc2c(c1)CC[C@@]21OC(=O)N(CC(=O)N(Cc2cccc(F)c2F)[C@@H](C)C2CC2)C1=O. The number of imide groups is 1. The first-order valence-corrected chi connectivity index (χ1v) is 12.5. The molecule has 5 rings (SSSR count). The van der Waals surface area contributed by atoms with Crippen molar-refractivity contribution in [2.45, 2.75) is 50.8 Å². The molecule has 1 aliphatic heterocycles. The minimum atomic E-state index is -1.54. The topological polar surface area (TPSA) is 108 Å². The Morgan fingerprint density at radius 3 is 2.68 bits per heavy atom. The predicted molar refractivity (Wildman–Crippen MR) is 132 cm³/mol. The van der Waals surface area contributed by atoms with Gasteiger partial charge < -0.3 is 20.3 Å². The van der Waals surface area contributed by atoms with Crippen LogP contribution in [0.2, 0.25) is 0 Å². The van der Waals surface area contributed by atoms with Crippen LogP contribution in [0.4, 0.5) is 24.1 Å². The van der Waals surface area contributed by atoms with E-state index in [0.29, 0.717) is 17.7 Å². The number of carbonyl (C=O) groups is 4. The molecule has 9 nitrogen and oxygen atoms in total. The summed E-state index contributed by atoms with van der Waals surface area (Å²) < 4.78 is 33.8. The fourth-order valence-electron chi connectivity index (χ4n) is 5.30. The van der Waals surface area contributed by atoms with Crippen molar-refractivity contribution in [1.29, 1.82) is 0 Å². The minimum absolute atomic E-state index is 0.0172. The smallest absolute Gasteiger partial charge is 0.418 e. The monoisotopic (exact) mass is 526 g/mol. The molecule has 0 bridgehead atoms. The molecule has 2 atom stereocenters. The van der Waals surface area contributed by atoms with E-state index in [2.05, 4.69) is 10.6 Å². The molecule has 1 heterocycles. The summed E-state index contributed by atoms with van der Waals surface area (Å²) in [5, 5.41) is 5.13. The molecule has 38 heavy (non-hydrogen) atoms. The van der Waals surface area contributed by atoms with E-state index in [9.17, 15) is 28.0 Å². The Labute approximate surface area is 218 Å². The Morgan fingerprint density at radius 1 is 1.21 bits per heavy atom. The Hall–Kier alpha value is -4.02. The van der Waals surface area contributed by atoms with E-state index < -0.39 is 47.7 Å². The van der Waals surface area contributed by atoms with E-state index in [-0.39, 0.29) is 30.5 Å². The molecule has 0 radical (unpaired) electrons. The lowest BCUT2D eigenvalue weighted by molar-refractivity contribution is -0.143. The molecule has 1 saturated carbocycles. The van der Waals surface area contributed by atoms with Crippen LogP contribution in [0, 0.1) is 17.6 Å². The Bertz CT molecular complexity index is 1330. The highest BCUT2D eigenvalue weighted by molar-refractivity contribution is 6.06. The first-order valence-electron chi connectivity index (χ1n) is 12.5. The summed E-state index contributed by atoms with van der Waals surface area (Å²) in [6.45, 7) is 1.07. The number of carbonyl (C=O) groups excluding carboxylic acids is 4. The van der Waals surface area contributed by atoms with Gasteiger partial charge in [0.15, 0.2) is 11.6 Å². The van der Waals surface area contributed by atoms with Crippen LogP contribution < -0.4 is 10.6 Å². The number of rotatable bonds is 7. The van der Waals surface area contributed by atoms with Gasteiger partial charge in [0.2, 0.25) is 11.5 Å². The highest BCUT2D eigenvalue weighted by Gasteiger charge is 2.58. The fraction of sp³-hybridized carbons (Fsp3) is 0.407. The highest BCUT2D eigenvalue weighted by Crippen LogP contribution is 2.46. The molecule has 2 aromatic carbocycles. The molecular weight excluding hydrogens is 498 g/mol. The summed E-state index contributed by atoms with van der Waals surface area (Å²) in [7, 11) is 1.49. The zero-order valence-corrected chi connectivity index (χ0v) is 21.1. The molecule has 0 unspecified atom stereocenters. The summed E-state index contributed by atoms with van der Waals surface area (Å²) in [6, 6.07) is 8.08. The number of nitrogens with one attached hydrogen (secondary N) is 2. The van der Waals surface area contributed by atoms with Crippen molar-refractivity contribution in [2.24, 2.45) is 5.92 Å². The number of benzene rings is 2. The number of anilines is 1. The second kappa shape index (κ2) is 9.70. The minimum Gasteiger partial charge on any atom is -0.427 e. The molecule has 2 fully saturated rings. The summed E-state index contributed by atoms with van der Waals surface area (Å²) >= 11 is 0. The molecule has 1 spiro atoms. The maximum absolute atomic E-state index is 14.4. The first kappa shape index (κ1) is 25.6. The van der Waals surface area contributed by atoms with Crippen LogP contribution in [0.5, 0.6) is 0 Å². The van der Waals surface area contributed by atoms with Gasteiger partial charge in [-0.05, 0) is 55.9 Å². The second-order valence-corrected chi connectivity index (χ2v) is 9.97. The molecule has 3 aliphatic rings. The van der Waals surface area contributed by atoms with Gasteiger partial charge in [-0.1, -0.05) is 18.2 Å². The largest absolute Gasteiger partial charge is 0.427 e. The molecule has 11 heteroatoms. The summed E-state index contributed by atoms with van der Waals surface area (Å²) in [5.41, 5.74) is 0.263. The normalized spacial score (nSPS) is 20.8. The number of nitrogens with zero attached hydrogens (tertiary/aromatic N) is 2. The van der Waals surface area contributed by atoms with E-state index in [1.165, 1.54) is 24.1 Å². The van der Waals surface area contributed by atoms with Crippen molar-refractivity contribution in [3.63, 3.8) is 0 Å². The van der Waals surface area contributed by atoms with Crippen molar-refractivity contribution in [3.8, 4) is 0 Å². The second-order valence-electron chi connectivity index (χ2n) is 9.97. The van der Waals surface area contributed by atoms with Crippen molar-refractivity contribution >= 4 is 29.6 Å². The number of halogens is 2. The summed E-state index contributed by atoms with van der Waals surface area (Å²) in [4.78, 5) is 53.7. The predicted octanol–water partition coefficient (Wildman–Crippen LogP) is 3.66. The molecule has 2 aliphatic carbocycles. The third-order valence-electron chi connectivity index (χ3n) is 7.63. The Balaban J connectivity index is 1.36. The van der Waals surface area contributed by atoms with Crippen LogP contribution in [0.25, 0.3) is 0 Å². The van der Waals surface area contributed by atoms with Gasteiger partial charge in [-0.15, -0.1) is 0 Å². The van der Waals surface area contributed by atoms with Gasteiger partial charge in [-0.2, -0.15) is 0 Å². The zero-order valence-electron chi connectivity index (χ0n) is 21.1. The van der Waals surface area contributed by atoms with Gasteiger partial charge in [0.1, 0.15) is 6.54 Å². The Morgan fingerprint density at radius 2 is 1.97 bits per heavy atom. The number of ether oxygens (including phenoxy) is 1. The fourth-order valence-corrected chi connectivity index (χ4v) is 5.30. The van der Waals surface area contributed by atoms with E-state index in [1.807, 2.05) is 6.92 Å². The third kappa shape index (κ3) is 4.46. The molecular formula is C27H28F2N4O5. The van der Waals surface area contributed by atoms with Gasteiger partial charge in [0.25, 0.3) is 5.91 Å². The number of amides is 5. The molecule has 2 aromatic rings. The molecule has 200 valence electrons. The number of aryl methyl sites for hydroxylation is 1. The third-order valence-corrected chi connectivity index (χ3v) is 7.63. The van der Waals surface area contributed by atoms with Crippen LogP contribution in [0.3, 0.4) is 0 Å². The van der Waals surface area contributed by atoms with Crippen LogP contribution in [0.1, 0.15) is 42.9 Å².